The second kappa shape index (κ2) is 8.65. The monoisotopic (exact) mass is 443 g/mol. The number of nitrogens with one attached hydrogen (secondary N) is 1. The van der Waals surface area contributed by atoms with Crippen molar-refractivity contribution in [1.82, 2.24) is 24.6 Å². The average Bonchev–Trinajstić information content (AvgIpc) is 3.15. The predicted octanol–water partition coefficient (Wildman–Crippen LogP) is 3.00. The molecule has 2 heterocycles. The predicted molar refractivity (Wildman–Crippen MR) is 111 cm³/mol. The lowest BCUT2D eigenvalue weighted by Crippen LogP contribution is -2.28. The van der Waals surface area contributed by atoms with Crippen LogP contribution < -0.4 is 10.9 Å². The van der Waals surface area contributed by atoms with Crippen molar-refractivity contribution in [3.05, 3.63) is 93.1 Å². The van der Waals surface area contributed by atoms with Gasteiger partial charge in [0.05, 0.1) is 29.9 Å². The van der Waals surface area contributed by atoms with Gasteiger partial charge in [0.25, 0.3) is 11.5 Å². The van der Waals surface area contributed by atoms with Crippen molar-refractivity contribution >= 4 is 28.5 Å². The van der Waals surface area contributed by atoms with E-state index in [1.807, 2.05) is 0 Å². The Labute approximate surface area is 179 Å². The minimum absolute atomic E-state index is 0.0189. The molecule has 2 aromatic heterocycles. The summed E-state index contributed by atoms with van der Waals surface area (Å²) in [5.41, 5.74) is 1.03. The third-order valence-electron chi connectivity index (χ3n) is 4.67. The molecule has 0 fully saturated rings. The number of nitrogens with zero attached hydrogens (tertiary/aromatic N) is 4. The van der Waals surface area contributed by atoms with Gasteiger partial charge in [-0.15, -0.1) is 0 Å². The summed E-state index contributed by atoms with van der Waals surface area (Å²) in [6, 6.07) is 9.40. The lowest BCUT2D eigenvalue weighted by atomic mass is 10.2. The Morgan fingerprint density at radius 2 is 1.84 bits per heavy atom. The second-order valence-electron chi connectivity index (χ2n) is 6.79. The first-order valence-corrected chi connectivity index (χ1v) is 9.69. The highest BCUT2D eigenvalue weighted by atomic mass is 35.5. The lowest BCUT2D eigenvalue weighted by molar-refractivity contribution is 0.0952. The Hall–Kier alpha value is -3.59. The van der Waals surface area contributed by atoms with Gasteiger partial charge in [0.2, 0.25) is 0 Å². The van der Waals surface area contributed by atoms with E-state index >= 15 is 0 Å². The molecule has 0 spiro atoms. The molecular weight excluding hydrogens is 428 g/mol. The first-order valence-electron chi connectivity index (χ1n) is 9.31. The van der Waals surface area contributed by atoms with E-state index < -0.39 is 11.7 Å². The average molecular weight is 444 g/mol. The summed E-state index contributed by atoms with van der Waals surface area (Å²) in [5.74, 6) is -1.32. The van der Waals surface area contributed by atoms with Gasteiger partial charge in [0.1, 0.15) is 23.3 Å². The number of aromatic nitrogens is 4. The zero-order valence-electron chi connectivity index (χ0n) is 16.1. The molecule has 0 saturated carbocycles. The summed E-state index contributed by atoms with van der Waals surface area (Å²) in [5, 5.41) is 7.21. The van der Waals surface area contributed by atoms with Crippen molar-refractivity contribution < 1.29 is 13.6 Å². The van der Waals surface area contributed by atoms with Gasteiger partial charge in [0, 0.05) is 6.54 Å². The van der Waals surface area contributed by atoms with Gasteiger partial charge in [-0.25, -0.2) is 18.4 Å². The third kappa shape index (κ3) is 4.46. The van der Waals surface area contributed by atoms with Crippen LogP contribution in [-0.4, -0.2) is 31.8 Å². The maximum Gasteiger partial charge on any atom is 0.264 e. The molecule has 0 unspecified atom stereocenters. The van der Waals surface area contributed by atoms with Gasteiger partial charge < -0.3 is 5.32 Å². The standard InChI is InChI=1S/C21H16ClF2N5O2/c22-18-9-15(24)5-6-16(18)20(30)25-7-8-29-19-17(10-27-29)21(31)28(12-26-19)11-13-1-3-14(23)4-2-13/h1-6,9-10,12H,7-8,11H2,(H,25,30). The van der Waals surface area contributed by atoms with Crippen molar-refractivity contribution in [2.45, 2.75) is 13.1 Å². The number of hydrogen-bond acceptors (Lipinski definition) is 4. The molecule has 2 aromatic carbocycles. The van der Waals surface area contributed by atoms with Gasteiger partial charge in [-0.2, -0.15) is 5.10 Å². The topological polar surface area (TPSA) is 81.8 Å². The van der Waals surface area contributed by atoms with Crippen LogP contribution >= 0.6 is 11.6 Å². The molecule has 0 aliphatic carbocycles. The van der Waals surface area contributed by atoms with Gasteiger partial charge >= 0.3 is 0 Å². The summed E-state index contributed by atoms with van der Waals surface area (Å²) in [6.07, 6.45) is 2.83. The van der Waals surface area contributed by atoms with Crippen LogP contribution in [-0.2, 0) is 13.1 Å². The summed E-state index contributed by atoms with van der Waals surface area (Å²) in [6.45, 7) is 0.716. The molecule has 31 heavy (non-hydrogen) atoms. The van der Waals surface area contributed by atoms with Gasteiger partial charge in [-0.05, 0) is 35.9 Å². The maximum atomic E-state index is 13.1. The molecule has 4 aromatic rings. The number of halogens is 3. The first kappa shape index (κ1) is 20.7. The molecule has 0 aliphatic heterocycles. The van der Waals surface area contributed by atoms with E-state index in [2.05, 4.69) is 15.4 Å². The van der Waals surface area contributed by atoms with Crippen LogP contribution in [0.25, 0.3) is 11.0 Å². The van der Waals surface area contributed by atoms with Crippen LogP contribution in [0.3, 0.4) is 0 Å². The number of carbonyl (C=O) groups is 1. The number of rotatable bonds is 6. The van der Waals surface area contributed by atoms with E-state index in [9.17, 15) is 18.4 Å². The normalized spacial score (nSPS) is 11.1. The molecule has 1 N–H and O–H groups in total. The number of fused-ring (bicyclic) bond motifs is 1. The third-order valence-corrected chi connectivity index (χ3v) is 4.99. The molecule has 1 amide bonds. The van der Waals surface area contributed by atoms with E-state index in [0.717, 1.165) is 17.7 Å². The van der Waals surface area contributed by atoms with E-state index in [1.54, 1.807) is 12.1 Å². The Morgan fingerprint density at radius 1 is 1.10 bits per heavy atom. The Bertz CT molecular complexity index is 1320. The molecule has 10 heteroatoms. The van der Waals surface area contributed by atoms with Crippen LogP contribution in [0.2, 0.25) is 5.02 Å². The highest BCUT2D eigenvalue weighted by Crippen LogP contribution is 2.17. The van der Waals surface area contributed by atoms with Gasteiger partial charge in [0.15, 0.2) is 5.65 Å². The fourth-order valence-electron chi connectivity index (χ4n) is 3.10. The van der Waals surface area contributed by atoms with Crippen molar-refractivity contribution in [3.63, 3.8) is 0 Å². The van der Waals surface area contributed by atoms with E-state index in [-0.39, 0.29) is 41.6 Å². The zero-order valence-corrected chi connectivity index (χ0v) is 16.8. The summed E-state index contributed by atoms with van der Waals surface area (Å²) >= 11 is 5.89. The fraction of sp³-hybridized carbons (Fsp3) is 0.143. The highest BCUT2D eigenvalue weighted by molar-refractivity contribution is 6.33. The van der Waals surface area contributed by atoms with Crippen molar-refractivity contribution in [2.75, 3.05) is 6.54 Å². The summed E-state index contributed by atoms with van der Waals surface area (Å²) in [4.78, 5) is 29.3. The molecule has 7 nitrogen and oxygen atoms in total. The maximum absolute atomic E-state index is 13.1. The number of amides is 1. The van der Waals surface area contributed by atoms with Crippen molar-refractivity contribution in [1.29, 1.82) is 0 Å². The SMILES string of the molecule is O=C(NCCn1ncc2c(=O)n(Cc3ccc(F)cc3)cnc21)c1ccc(F)cc1Cl. The minimum atomic E-state index is -0.527. The molecular formula is C21H16ClF2N5O2. The first-order chi connectivity index (χ1) is 14.9. The minimum Gasteiger partial charge on any atom is -0.350 e. The van der Waals surface area contributed by atoms with Crippen molar-refractivity contribution in [2.24, 2.45) is 0 Å². The molecule has 0 aliphatic rings. The molecule has 0 bridgehead atoms. The largest absolute Gasteiger partial charge is 0.350 e. The Balaban J connectivity index is 1.45. The van der Waals surface area contributed by atoms with Crippen LogP contribution in [0.5, 0.6) is 0 Å². The van der Waals surface area contributed by atoms with E-state index in [1.165, 1.54) is 40.0 Å². The fourth-order valence-corrected chi connectivity index (χ4v) is 3.36. The molecule has 4 rings (SSSR count). The number of benzene rings is 2. The van der Waals surface area contributed by atoms with E-state index in [0.29, 0.717) is 11.0 Å². The quantitative estimate of drug-likeness (QED) is 0.496. The van der Waals surface area contributed by atoms with Crippen molar-refractivity contribution in [3.8, 4) is 0 Å². The molecule has 158 valence electrons. The highest BCUT2D eigenvalue weighted by Gasteiger charge is 2.13. The van der Waals surface area contributed by atoms with E-state index in [4.69, 9.17) is 11.6 Å². The van der Waals surface area contributed by atoms with Crippen LogP contribution in [0.1, 0.15) is 15.9 Å². The second-order valence-corrected chi connectivity index (χ2v) is 7.20. The number of hydrogen-bond donors (Lipinski definition) is 1. The Kier molecular flexibility index (Phi) is 5.77. The smallest absolute Gasteiger partial charge is 0.264 e. The van der Waals surface area contributed by atoms with Crippen LogP contribution in [0.4, 0.5) is 8.78 Å². The Morgan fingerprint density at radius 3 is 2.58 bits per heavy atom. The van der Waals surface area contributed by atoms with Crippen LogP contribution in [0.15, 0.2) is 59.8 Å². The molecule has 0 saturated heterocycles. The zero-order chi connectivity index (χ0) is 22.0. The molecule has 0 radical (unpaired) electrons. The van der Waals surface area contributed by atoms with Gasteiger partial charge in [-0.3, -0.25) is 14.2 Å². The molecule has 0 atom stereocenters. The van der Waals surface area contributed by atoms with Gasteiger partial charge in [-0.1, -0.05) is 23.7 Å². The van der Waals surface area contributed by atoms with Crippen LogP contribution in [0, 0.1) is 11.6 Å². The number of carbonyl (C=O) groups excluding carboxylic acids is 1. The lowest BCUT2D eigenvalue weighted by Gasteiger charge is -2.08. The summed E-state index contributed by atoms with van der Waals surface area (Å²) < 4.78 is 29.1. The summed E-state index contributed by atoms with van der Waals surface area (Å²) in [7, 11) is 0.